The number of rotatable bonds is 4. The maximum atomic E-state index is 5.58. The minimum absolute atomic E-state index is 0.659. The van der Waals surface area contributed by atoms with Gasteiger partial charge in [0.2, 0.25) is 5.89 Å². The largest absolute Gasteiger partial charge is 0.444 e. The summed E-state index contributed by atoms with van der Waals surface area (Å²) in [5, 5.41) is 0.982. The second kappa shape index (κ2) is 5.93. The molecule has 0 fully saturated rings. The summed E-state index contributed by atoms with van der Waals surface area (Å²) in [6, 6.07) is 18.1. The second-order valence-electron chi connectivity index (χ2n) is 5.24. The van der Waals surface area contributed by atoms with Gasteiger partial charge in [0.15, 0.2) is 5.16 Å². The van der Waals surface area contributed by atoms with E-state index < -0.39 is 0 Å². The molecule has 0 aliphatic rings. The highest BCUT2D eigenvalue weighted by Gasteiger charge is 2.10. The summed E-state index contributed by atoms with van der Waals surface area (Å²) in [5.41, 5.74) is 4.06. The van der Waals surface area contributed by atoms with Crippen LogP contribution in [0.3, 0.4) is 0 Å². The molecule has 2 heterocycles. The number of hydrogen-bond acceptors (Lipinski definition) is 4. The number of benzene rings is 2. The van der Waals surface area contributed by atoms with Crippen LogP contribution in [0.5, 0.6) is 0 Å². The molecule has 4 nitrogen and oxygen atoms in total. The SMILES string of the molecule is Cn1c(SCc2coc(-c3ccccc3)n2)nc2ccccc21. The third-order valence-corrected chi connectivity index (χ3v) is 4.73. The number of aromatic nitrogens is 3. The van der Waals surface area contributed by atoms with Crippen molar-refractivity contribution in [3.8, 4) is 11.5 Å². The van der Waals surface area contributed by atoms with Crippen molar-refractivity contribution in [1.82, 2.24) is 14.5 Å². The van der Waals surface area contributed by atoms with Crippen LogP contribution in [0.1, 0.15) is 5.69 Å². The highest BCUT2D eigenvalue weighted by molar-refractivity contribution is 7.98. The van der Waals surface area contributed by atoms with Gasteiger partial charge in [-0.2, -0.15) is 0 Å². The van der Waals surface area contributed by atoms with Gasteiger partial charge in [0.25, 0.3) is 0 Å². The Bertz CT molecular complexity index is 943. The number of thioether (sulfide) groups is 1. The molecule has 0 aliphatic heterocycles. The zero-order valence-corrected chi connectivity index (χ0v) is 13.5. The molecular formula is C18H15N3OS. The van der Waals surface area contributed by atoms with Crippen LogP contribution in [0.4, 0.5) is 0 Å². The molecule has 0 spiro atoms. The van der Waals surface area contributed by atoms with E-state index in [9.17, 15) is 0 Å². The predicted octanol–water partition coefficient (Wildman–Crippen LogP) is 4.52. The first kappa shape index (κ1) is 14.1. The number of hydrogen-bond donors (Lipinski definition) is 0. The Kier molecular flexibility index (Phi) is 3.63. The molecule has 0 atom stereocenters. The Hall–Kier alpha value is -2.53. The molecule has 2 aromatic heterocycles. The number of oxazole rings is 1. The molecular weight excluding hydrogens is 306 g/mol. The summed E-state index contributed by atoms with van der Waals surface area (Å²) in [7, 11) is 2.04. The summed E-state index contributed by atoms with van der Waals surface area (Å²) in [5.74, 6) is 1.39. The number of para-hydroxylation sites is 2. The van der Waals surface area contributed by atoms with Crippen LogP contribution < -0.4 is 0 Å². The third-order valence-electron chi connectivity index (χ3n) is 3.67. The molecule has 0 saturated carbocycles. The Morgan fingerprint density at radius 3 is 2.61 bits per heavy atom. The molecule has 0 saturated heterocycles. The molecule has 0 unspecified atom stereocenters. The lowest BCUT2D eigenvalue weighted by molar-refractivity contribution is 0.573. The van der Waals surface area contributed by atoms with Crippen molar-refractivity contribution >= 4 is 22.8 Å². The van der Waals surface area contributed by atoms with Gasteiger partial charge in [-0.25, -0.2) is 9.97 Å². The molecule has 23 heavy (non-hydrogen) atoms. The van der Waals surface area contributed by atoms with Crippen molar-refractivity contribution in [3.05, 3.63) is 66.6 Å². The lowest BCUT2D eigenvalue weighted by Gasteiger charge is -1.99. The first-order valence-corrected chi connectivity index (χ1v) is 8.34. The standard InChI is InChI=1S/C18H15N3OS/c1-21-16-10-6-5-9-15(16)20-18(21)23-12-14-11-22-17(19-14)13-7-3-2-4-8-13/h2-11H,12H2,1H3. The summed E-state index contributed by atoms with van der Waals surface area (Å²) in [6.07, 6.45) is 1.72. The van der Waals surface area contributed by atoms with Crippen molar-refractivity contribution in [1.29, 1.82) is 0 Å². The minimum Gasteiger partial charge on any atom is -0.444 e. The van der Waals surface area contributed by atoms with Crippen LogP contribution in [0.25, 0.3) is 22.5 Å². The van der Waals surface area contributed by atoms with Crippen LogP contribution >= 0.6 is 11.8 Å². The Labute approximate surface area is 138 Å². The smallest absolute Gasteiger partial charge is 0.226 e. The molecule has 0 bridgehead atoms. The van der Waals surface area contributed by atoms with E-state index in [-0.39, 0.29) is 0 Å². The van der Waals surface area contributed by atoms with Crippen LogP contribution in [0, 0.1) is 0 Å². The average molecular weight is 321 g/mol. The van der Waals surface area contributed by atoms with E-state index in [0.717, 1.165) is 33.2 Å². The van der Waals surface area contributed by atoms with E-state index in [1.54, 1.807) is 18.0 Å². The summed E-state index contributed by atoms with van der Waals surface area (Å²) in [6.45, 7) is 0. The van der Waals surface area contributed by atoms with Gasteiger partial charge < -0.3 is 8.98 Å². The Balaban J connectivity index is 1.53. The van der Waals surface area contributed by atoms with Gasteiger partial charge >= 0.3 is 0 Å². The zero-order chi connectivity index (χ0) is 15.6. The maximum Gasteiger partial charge on any atom is 0.226 e. The zero-order valence-electron chi connectivity index (χ0n) is 12.6. The van der Waals surface area contributed by atoms with E-state index in [1.165, 1.54) is 0 Å². The van der Waals surface area contributed by atoms with Gasteiger partial charge in [0.1, 0.15) is 6.26 Å². The fourth-order valence-electron chi connectivity index (χ4n) is 2.48. The van der Waals surface area contributed by atoms with Gasteiger partial charge in [0.05, 0.1) is 16.7 Å². The predicted molar refractivity (Wildman–Crippen MR) is 92.2 cm³/mol. The molecule has 5 heteroatoms. The van der Waals surface area contributed by atoms with Crippen molar-refractivity contribution in [3.63, 3.8) is 0 Å². The summed E-state index contributed by atoms with van der Waals surface area (Å²) < 4.78 is 7.69. The molecule has 2 aromatic carbocycles. The normalized spacial score (nSPS) is 11.2. The topological polar surface area (TPSA) is 43.9 Å². The van der Waals surface area contributed by atoms with Crippen LogP contribution in [0.2, 0.25) is 0 Å². The highest BCUT2D eigenvalue weighted by atomic mass is 32.2. The first-order chi connectivity index (χ1) is 11.3. The summed E-state index contributed by atoms with van der Waals surface area (Å²) in [4.78, 5) is 9.21. The fraction of sp³-hybridized carbons (Fsp3) is 0.111. The number of aryl methyl sites for hydroxylation is 1. The number of imidazole rings is 1. The number of nitrogens with zero attached hydrogens (tertiary/aromatic N) is 3. The van der Waals surface area contributed by atoms with Crippen LogP contribution in [-0.4, -0.2) is 14.5 Å². The van der Waals surface area contributed by atoms with E-state index >= 15 is 0 Å². The molecule has 0 radical (unpaired) electrons. The minimum atomic E-state index is 0.659. The van der Waals surface area contributed by atoms with Crippen molar-refractivity contribution in [2.45, 2.75) is 10.9 Å². The summed E-state index contributed by atoms with van der Waals surface area (Å²) >= 11 is 1.66. The van der Waals surface area contributed by atoms with E-state index in [1.807, 2.05) is 55.6 Å². The Morgan fingerprint density at radius 2 is 1.78 bits per heavy atom. The van der Waals surface area contributed by atoms with Crippen molar-refractivity contribution in [2.24, 2.45) is 7.05 Å². The van der Waals surface area contributed by atoms with E-state index in [0.29, 0.717) is 5.89 Å². The lowest BCUT2D eigenvalue weighted by atomic mass is 10.2. The van der Waals surface area contributed by atoms with E-state index in [2.05, 4.69) is 20.6 Å². The van der Waals surface area contributed by atoms with Crippen molar-refractivity contribution < 1.29 is 4.42 Å². The van der Waals surface area contributed by atoms with Gasteiger partial charge in [0, 0.05) is 18.4 Å². The molecule has 0 amide bonds. The fourth-order valence-corrected chi connectivity index (χ4v) is 3.34. The van der Waals surface area contributed by atoms with Crippen molar-refractivity contribution in [2.75, 3.05) is 0 Å². The maximum absolute atomic E-state index is 5.58. The average Bonchev–Trinajstić information content (AvgIpc) is 3.19. The second-order valence-corrected chi connectivity index (χ2v) is 6.18. The molecule has 4 rings (SSSR count). The van der Waals surface area contributed by atoms with Gasteiger partial charge in [-0.15, -0.1) is 0 Å². The lowest BCUT2D eigenvalue weighted by Crippen LogP contribution is -1.91. The highest BCUT2D eigenvalue weighted by Crippen LogP contribution is 2.26. The van der Waals surface area contributed by atoms with Gasteiger partial charge in [-0.05, 0) is 24.3 Å². The quantitative estimate of drug-likeness (QED) is 0.518. The van der Waals surface area contributed by atoms with Gasteiger partial charge in [-0.1, -0.05) is 42.1 Å². The third kappa shape index (κ3) is 2.75. The molecule has 0 N–H and O–H groups in total. The molecule has 4 aromatic rings. The van der Waals surface area contributed by atoms with Crippen LogP contribution in [0.15, 0.2) is 70.4 Å². The molecule has 0 aliphatic carbocycles. The monoisotopic (exact) mass is 321 g/mol. The van der Waals surface area contributed by atoms with E-state index in [4.69, 9.17) is 4.42 Å². The molecule has 114 valence electrons. The van der Waals surface area contributed by atoms with Crippen LogP contribution in [-0.2, 0) is 12.8 Å². The number of fused-ring (bicyclic) bond motifs is 1. The van der Waals surface area contributed by atoms with Gasteiger partial charge in [-0.3, -0.25) is 0 Å². The first-order valence-electron chi connectivity index (χ1n) is 7.35. The Morgan fingerprint density at radius 1 is 1.00 bits per heavy atom.